The van der Waals surface area contributed by atoms with Crippen LogP contribution in [-0.4, -0.2) is 11.9 Å². The van der Waals surface area contributed by atoms with Gasteiger partial charge in [-0.05, 0) is 58.1 Å². The molecule has 0 saturated heterocycles. The summed E-state index contributed by atoms with van der Waals surface area (Å²) in [7, 11) is 0. The van der Waals surface area contributed by atoms with Gasteiger partial charge in [0.15, 0.2) is 0 Å². The highest BCUT2D eigenvalue weighted by Gasteiger charge is 2.02. The van der Waals surface area contributed by atoms with Crippen LogP contribution in [-0.2, 0) is 9.59 Å². The van der Waals surface area contributed by atoms with Gasteiger partial charge in [0.25, 0.3) is 0 Å². The van der Waals surface area contributed by atoms with E-state index in [1.165, 1.54) is 6.07 Å². The summed E-state index contributed by atoms with van der Waals surface area (Å²) < 4.78 is 25.0. The number of esters is 2. The van der Waals surface area contributed by atoms with E-state index in [1.54, 1.807) is 48.5 Å². The zero-order valence-electron chi connectivity index (χ0n) is 22.2. The lowest BCUT2D eigenvalue weighted by molar-refractivity contribution is -0.129. The molecule has 4 aromatic carbocycles. The van der Waals surface area contributed by atoms with Crippen LogP contribution in [0.15, 0.2) is 116 Å². The Bertz CT molecular complexity index is 1640. The van der Waals surface area contributed by atoms with E-state index in [0.29, 0.717) is 17.1 Å². The second-order valence-electron chi connectivity index (χ2n) is 8.84. The SMILES string of the molecule is C=CC(=O)Oc1ccc(C=Cc2ccc(C=Cc3ccc(C=Cc4cccc(OC(=O)C=C)c4)cc3)c(F)c2)cc1. The Morgan fingerprint density at radius 3 is 1.56 bits per heavy atom. The van der Waals surface area contributed by atoms with Crippen LogP contribution in [0.1, 0.15) is 33.4 Å². The van der Waals surface area contributed by atoms with E-state index < -0.39 is 11.9 Å². The Morgan fingerprint density at radius 1 is 0.537 bits per heavy atom. The molecule has 0 atom stereocenters. The molecular formula is C36H27FO4. The normalized spacial score (nSPS) is 11.1. The van der Waals surface area contributed by atoms with E-state index in [2.05, 4.69) is 13.2 Å². The number of carbonyl (C=O) groups is 2. The first-order valence-electron chi connectivity index (χ1n) is 12.7. The molecule has 0 bridgehead atoms. The van der Waals surface area contributed by atoms with Gasteiger partial charge in [0.05, 0.1) is 0 Å². The van der Waals surface area contributed by atoms with Gasteiger partial charge >= 0.3 is 11.9 Å². The molecule has 0 amide bonds. The summed E-state index contributed by atoms with van der Waals surface area (Å²) in [6.45, 7) is 6.77. The molecule has 5 heteroatoms. The van der Waals surface area contributed by atoms with Crippen LogP contribution in [0.25, 0.3) is 36.5 Å². The highest BCUT2D eigenvalue weighted by molar-refractivity contribution is 5.84. The van der Waals surface area contributed by atoms with Crippen LogP contribution < -0.4 is 9.47 Å². The third-order valence-corrected chi connectivity index (χ3v) is 5.86. The summed E-state index contributed by atoms with van der Waals surface area (Å²) >= 11 is 0. The maximum atomic E-state index is 14.7. The van der Waals surface area contributed by atoms with E-state index in [0.717, 1.165) is 40.0 Å². The maximum Gasteiger partial charge on any atom is 0.335 e. The highest BCUT2D eigenvalue weighted by Crippen LogP contribution is 2.20. The number of benzene rings is 4. The predicted octanol–water partition coefficient (Wildman–Crippen LogP) is 8.52. The standard InChI is InChI=1S/C36H27FO4/c1-3-35(38)40-32-22-18-28(19-23-32)13-15-30-17-21-31(34(37)25-30)20-16-27-10-8-26(9-11-27)12-14-29-6-5-7-33(24-29)41-36(39)4-2/h3-25H,1-2H2. The fourth-order valence-corrected chi connectivity index (χ4v) is 3.72. The van der Waals surface area contributed by atoms with E-state index >= 15 is 0 Å². The molecule has 0 fully saturated rings. The van der Waals surface area contributed by atoms with Crippen LogP contribution in [0.5, 0.6) is 11.5 Å². The van der Waals surface area contributed by atoms with Gasteiger partial charge in [0, 0.05) is 17.7 Å². The van der Waals surface area contributed by atoms with Crippen molar-refractivity contribution in [2.75, 3.05) is 0 Å². The minimum Gasteiger partial charge on any atom is -0.423 e. The van der Waals surface area contributed by atoms with E-state index in [4.69, 9.17) is 9.47 Å². The largest absolute Gasteiger partial charge is 0.423 e. The van der Waals surface area contributed by atoms with Crippen molar-refractivity contribution in [2.24, 2.45) is 0 Å². The van der Waals surface area contributed by atoms with Gasteiger partial charge in [-0.1, -0.05) is 110 Å². The van der Waals surface area contributed by atoms with Crippen molar-refractivity contribution in [3.8, 4) is 11.5 Å². The Kier molecular flexibility index (Phi) is 9.73. The molecule has 0 spiro atoms. The summed E-state index contributed by atoms with van der Waals surface area (Å²) in [6, 6.07) is 27.1. The number of rotatable bonds is 10. The number of hydrogen-bond donors (Lipinski definition) is 0. The molecule has 41 heavy (non-hydrogen) atoms. The Balaban J connectivity index is 1.35. The van der Waals surface area contributed by atoms with Gasteiger partial charge in [-0.2, -0.15) is 0 Å². The van der Waals surface area contributed by atoms with Gasteiger partial charge in [-0.15, -0.1) is 0 Å². The molecule has 0 N–H and O–H groups in total. The molecular weight excluding hydrogens is 515 g/mol. The van der Waals surface area contributed by atoms with Crippen molar-refractivity contribution in [1.82, 2.24) is 0 Å². The fourth-order valence-electron chi connectivity index (χ4n) is 3.72. The third-order valence-electron chi connectivity index (χ3n) is 5.86. The molecule has 0 heterocycles. The zero-order valence-corrected chi connectivity index (χ0v) is 22.2. The minimum absolute atomic E-state index is 0.323. The summed E-state index contributed by atoms with van der Waals surface area (Å²) in [5.41, 5.74) is 4.91. The molecule has 0 aliphatic rings. The molecule has 0 aliphatic carbocycles. The van der Waals surface area contributed by atoms with Crippen LogP contribution in [0.3, 0.4) is 0 Å². The van der Waals surface area contributed by atoms with Gasteiger partial charge in [0.1, 0.15) is 17.3 Å². The van der Waals surface area contributed by atoms with E-state index in [-0.39, 0.29) is 5.82 Å². The highest BCUT2D eigenvalue weighted by atomic mass is 19.1. The van der Waals surface area contributed by atoms with Gasteiger partial charge in [-0.25, -0.2) is 14.0 Å². The summed E-state index contributed by atoms with van der Waals surface area (Å²) in [4.78, 5) is 22.7. The van der Waals surface area contributed by atoms with Gasteiger partial charge in [-0.3, -0.25) is 0 Å². The first-order valence-corrected chi connectivity index (χ1v) is 12.7. The first-order chi connectivity index (χ1) is 19.9. The lowest BCUT2D eigenvalue weighted by Crippen LogP contribution is -2.02. The predicted molar refractivity (Wildman–Crippen MR) is 164 cm³/mol. The fraction of sp³-hybridized carbons (Fsp3) is 0. The lowest BCUT2D eigenvalue weighted by atomic mass is 10.1. The van der Waals surface area contributed by atoms with Crippen molar-refractivity contribution >= 4 is 48.4 Å². The molecule has 4 rings (SSSR count). The zero-order chi connectivity index (χ0) is 29.0. The van der Waals surface area contributed by atoms with Gasteiger partial charge in [0.2, 0.25) is 0 Å². The van der Waals surface area contributed by atoms with Crippen LogP contribution in [0.2, 0.25) is 0 Å². The monoisotopic (exact) mass is 542 g/mol. The molecule has 0 aliphatic heterocycles. The molecule has 4 nitrogen and oxygen atoms in total. The number of carbonyl (C=O) groups excluding carboxylic acids is 2. The molecule has 202 valence electrons. The second-order valence-corrected chi connectivity index (χ2v) is 8.84. The molecule has 4 aromatic rings. The molecule has 0 aromatic heterocycles. The third kappa shape index (κ3) is 8.73. The van der Waals surface area contributed by atoms with Crippen LogP contribution in [0, 0.1) is 5.82 Å². The van der Waals surface area contributed by atoms with Crippen molar-refractivity contribution in [3.63, 3.8) is 0 Å². The van der Waals surface area contributed by atoms with E-state index in [1.807, 2.05) is 72.8 Å². The molecule has 0 radical (unpaired) electrons. The van der Waals surface area contributed by atoms with Crippen molar-refractivity contribution in [2.45, 2.75) is 0 Å². The van der Waals surface area contributed by atoms with E-state index in [9.17, 15) is 14.0 Å². The summed E-state index contributed by atoms with van der Waals surface area (Å²) in [5.74, 6) is -0.463. The number of halogens is 1. The Labute approximate surface area is 238 Å². The quantitative estimate of drug-likeness (QED) is 0.0872. The van der Waals surface area contributed by atoms with Crippen molar-refractivity contribution in [1.29, 1.82) is 0 Å². The first kappa shape index (κ1) is 28.5. The topological polar surface area (TPSA) is 52.6 Å². The maximum absolute atomic E-state index is 14.7. The average molecular weight is 543 g/mol. The van der Waals surface area contributed by atoms with Gasteiger partial charge < -0.3 is 9.47 Å². The summed E-state index contributed by atoms with van der Waals surface area (Å²) in [5, 5.41) is 0. The second kappa shape index (κ2) is 14.0. The van der Waals surface area contributed by atoms with Crippen LogP contribution >= 0.6 is 0 Å². The average Bonchev–Trinajstić information content (AvgIpc) is 2.99. The molecule has 0 unspecified atom stereocenters. The number of ether oxygens (including phenoxy) is 2. The smallest absolute Gasteiger partial charge is 0.335 e. The summed E-state index contributed by atoms with van der Waals surface area (Å²) in [6.07, 6.45) is 13.4. The van der Waals surface area contributed by atoms with Crippen LogP contribution in [0.4, 0.5) is 4.39 Å². The lowest BCUT2D eigenvalue weighted by Gasteiger charge is -2.02. The number of hydrogen-bond acceptors (Lipinski definition) is 4. The Hall–Kier alpha value is -5.55. The Morgan fingerprint density at radius 2 is 1.00 bits per heavy atom. The van der Waals surface area contributed by atoms with Crippen molar-refractivity contribution in [3.05, 3.63) is 156 Å². The minimum atomic E-state index is -0.517. The molecule has 0 saturated carbocycles. The van der Waals surface area contributed by atoms with Crippen molar-refractivity contribution < 1.29 is 23.5 Å².